The molecule has 5 N–H and O–H groups in total. The molecule has 0 saturated heterocycles. The number of alkyl halides is 1. The first kappa shape index (κ1) is 16.6. The fourth-order valence-electron chi connectivity index (χ4n) is 1.76. The van der Waals surface area contributed by atoms with Crippen LogP contribution < -0.4 is 16.4 Å². The summed E-state index contributed by atoms with van der Waals surface area (Å²) in [5, 5.41) is 12.3. The van der Waals surface area contributed by atoms with Crippen molar-refractivity contribution in [2.24, 2.45) is 11.7 Å². The van der Waals surface area contributed by atoms with E-state index in [9.17, 15) is 14.0 Å². The van der Waals surface area contributed by atoms with Crippen LogP contribution in [0.3, 0.4) is 0 Å². The number of halogens is 1. The quantitative estimate of drug-likeness (QED) is 0.433. The van der Waals surface area contributed by atoms with Crippen molar-refractivity contribution in [1.82, 2.24) is 10.6 Å². The molecule has 2 unspecified atom stereocenters. The minimum Gasteiger partial charge on any atom is -0.371 e. The summed E-state index contributed by atoms with van der Waals surface area (Å²) in [7, 11) is 0. The summed E-state index contributed by atoms with van der Waals surface area (Å²) in [5.41, 5.74) is 5.71. The highest BCUT2D eigenvalue weighted by atomic mass is 19.1. The molecule has 2 amide bonds. The number of nitrogens with two attached hydrogens (primary N) is 1. The summed E-state index contributed by atoms with van der Waals surface area (Å²) in [4.78, 5) is 23.5. The topological polar surface area (TPSA) is 108 Å². The van der Waals surface area contributed by atoms with E-state index in [4.69, 9.17) is 11.1 Å². The highest BCUT2D eigenvalue weighted by Gasteiger charge is 2.25. The van der Waals surface area contributed by atoms with Gasteiger partial charge in [-0.2, -0.15) is 0 Å². The van der Waals surface area contributed by atoms with Gasteiger partial charge in [-0.3, -0.25) is 15.0 Å². The van der Waals surface area contributed by atoms with E-state index in [1.165, 1.54) is 0 Å². The zero-order valence-corrected chi connectivity index (χ0v) is 11.7. The Bertz CT molecular complexity index is 507. The SMILES string of the molecule is CC(CNC(=N)CF)C(NC(=O)c1ccccc1)C(N)=O. The molecule has 0 bridgehead atoms. The Morgan fingerprint density at radius 1 is 1.33 bits per heavy atom. The normalized spacial score (nSPS) is 13.0. The van der Waals surface area contributed by atoms with Gasteiger partial charge in [-0.1, -0.05) is 25.1 Å². The summed E-state index contributed by atoms with van der Waals surface area (Å²) in [6.07, 6.45) is 0. The van der Waals surface area contributed by atoms with Crippen LogP contribution in [-0.4, -0.2) is 36.9 Å². The number of hydrogen-bond donors (Lipinski definition) is 4. The zero-order valence-electron chi connectivity index (χ0n) is 11.7. The van der Waals surface area contributed by atoms with Crippen molar-refractivity contribution in [3.8, 4) is 0 Å². The second-order valence-electron chi connectivity index (χ2n) is 4.69. The number of amides is 2. The summed E-state index contributed by atoms with van der Waals surface area (Å²) in [6, 6.07) is 7.53. The molecule has 0 aromatic heterocycles. The Hall–Kier alpha value is -2.44. The molecule has 0 fully saturated rings. The van der Waals surface area contributed by atoms with Gasteiger partial charge in [-0.25, -0.2) is 4.39 Å². The first-order valence-electron chi connectivity index (χ1n) is 6.48. The Kier molecular flexibility index (Phi) is 6.32. The predicted octanol–water partition coefficient (Wildman–Crippen LogP) is 0.443. The zero-order chi connectivity index (χ0) is 15.8. The molecule has 0 heterocycles. The first-order chi connectivity index (χ1) is 9.95. The molecule has 0 aliphatic heterocycles. The van der Waals surface area contributed by atoms with Crippen molar-refractivity contribution < 1.29 is 14.0 Å². The van der Waals surface area contributed by atoms with Gasteiger partial charge >= 0.3 is 0 Å². The van der Waals surface area contributed by atoms with Crippen LogP contribution in [0.4, 0.5) is 4.39 Å². The number of benzene rings is 1. The van der Waals surface area contributed by atoms with Crippen LogP contribution in [0.1, 0.15) is 17.3 Å². The first-order valence-corrected chi connectivity index (χ1v) is 6.48. The largest absolute Gasteiger partial charge is 0.371 e. The van der Waals surface area contributed by atoms with Gasteiger partial charge in [0.05, 0.1) is 0 Å². The van der Waals surface area contributed by atoms with Gasteiger partial charge in [0.2, 0.25) is 5.91 Å². The van der Waals surface area contributed by atoms with Gasteiger partial charge in [0.15, 0.2) is 0 Å². The second kappa shape index (κ2) is 7.98. The molecular weight excluding hydrogens is 275 g/mol. The number of hydrogen-bond acceptors (Lipinski definition) is 3. The standard InChI is InChI=1S/C14H19FN4O2/c1-9(8-18-11(16)7-15)12(13(17)20)19-14(21)10-5-3-2-4-6-10/h2-6,9,12H,7-8H2,1H3,(H2,16,18)(H2,17,20)(H,19,21). The lowest BCUT2D eigenvalue weighted by molar-refractivity contribution is -0.120. The molecule has 0 radical (unpaired) electrons. The average Bonchev–Trinajstić information content (AvgIpc) is 2.50. The number of rotatable bonds is 7. The Balaban J connectivity index is 2.67. The predicted molar refractivity (Wildman–Crippen MR) is 77.8 cm³/mol. The highest BCUT2D eigenvalue weighted by Crippen LogP contribution is 2.05. The minimum atomic E-state index is -0.912. The maximum atomic E-state index is 12.2. The van der Waals surface area contributed by atoms with E-state index in [2.05, 4.69) is 10.6 Å². The van der Waals surface area contributed by atoms with Crippen LogP contribution in [0.15, 0.2) is 30.3 Å². The molecule has 1 aromatic carbocycles. The molecular formula is C14H19FN4O2. The van der Waals surface area contributed by atoms with Crippen molar-refractivity contribution in [1.29, 1.82) is 5.41 Å². The van der Waals surface area contributed by atoms with Gasteiger partial charge in [-0.15, -0.1) is 0 Å². The Morgan fingerprint density at radius 2 is 1.95 bits per heavy atom. The second-order valence-corrected chi connectivity index (χ2v) is 4.69. The molecule has 2 atom stereocenters. The lowest BCUT2D eigenvalue weighted by Crippen LogP contribution is -2.51. The Labute approximate surface area is 122 Å². The van der Waals surface area contributed by atoms with Crippen molar-refractivity contribution in [3.05, 3.63) is 35.9 Å². The molecule has 0 aliphatic carbocycles. The van der Waals surface area contributed by atoms with E-state index < -0.39 is 24.5 Å². The van der Waals surface area contributed by atoms with Crippen molar-refractivity contribution in [2.75, 3.05) is 13.2 Å². The number of amidine groups is 1. The summed E-state index contributed by atoms with van der Waals surface area (Å²) < 4.78 is 12.2. The maximum absolute atomic E-state index is 12.2. The lowest BCUT2D eigenvalue weighted by atomic mass is 10.0. The van der Waals surface area contributed by atoms with E-state index in [0.29, 0.717) is 5.56 Å². The molecule has 1 rings (SSSR count). The smallest absolute Gasteiger partial charge is 0.251 e. The number of carbonyl (C=O) groups is 2. The summed E-state index contributed by atoms with van der Waals surface area (Å²) >= 11 is 0. The molecule has 21 heavy (non-hydrogen) atoms. The van der Waals surface area contributed by atoms with Crippen LogP contribution in [-0.2, 0) is 4.79 Å². The average molecular weight is 294 g/mol. The maximum Gasteiger partial charge on any atom is 0.251 e. The van der Waals surface area contributed by atoms with Crippen molar-refractivity contribution in [2.45, 2.75) is 13.0 Å². The van der Waals surface area contributed by atoms with Gasteiger partial charge in [-0.05, 0) is 12.1 Å². The van der Waals surface area contributed by atoms with Gasteiger partial charge < -0.3 is 16.4 Å². The third-order valence-electron chi connectivity index (χ3n) is 2.97. The van der Waals surface area contributed by atoms with E-state index >= 15 is 0 Å². The van der Waals surface area contributed by atoms with Gasteiger partial charge in [0.1, 0.15) is 18.6 Å². The van der Waals surface area contributed by atoms with E-state index in [1.807, 2.05) is 0 Å². The summed E-state index contributed by atoms with van der Waals surface area (Å²) in [5.74, 6) is -1.76. The van der Waals surface area contributed by atoms with Crippen molar-refractivity contribution >= 4 is 17.6 Å². The molecule has 0 spiro atoms. The third-order valence-corrected chi connectivity index (χ3v) is 2.97. The fourth-order valence-corrected chi connectivity index (χ4v) is 1.76. The van der Waals surface area contributed by atoms with Gasteiger partial charge in [0, 0.05) is 18.0 Å². The number of carbonyl (C=O) groups excluding carboxylic acids is 2. The van der Waals surface area contributed by atoms with E-state index in [0.717, 1.165) is 0 Å². The number of nitrogens with one attached hydrogen (secondary N) is 3. The monoisotopic (exact) mass is 294 g/mol. The fraction of sp³-hybridized carbons (Fsp3) is 0.357. The summed E-state index contributed by atoms with van der Waals surface area (Å²) in [6.45, 7) is 0.926. The van der Waals surface area contributed by atoms with Crippen LogP contribution >= 0.6 is 0 Å². The molecule has 1 aromatic rings. The molecule has 6 nitrogen and oxygen atoms in total. The van der Waals surface area contributed by atoms with Crippen LogP contribution in [0, 0.1) is 11.3 Å². The van der Waals surface area contributed by atoms with Crippen molar-refractivity contribution in [3.63, 3.8) is 0 Å². The molecule has 0 saturated carbocycles. The number of primary amides is 1. The molecule has 7 heteroatoms. The van der Waals surface area contributed by atoms with Gasteiger partial charge in [0.25, 0.3) is 5.91 Å². The Morgan fingerprint density at radius 3 is 2.48 bits per heavy atom. The third kappa shape index (κ3) is 5.21. The van der Waals surface area contributed by atoms with E-state index in [1.54, 1.807) is 37.3 Å². The van der Waals surface area contributed by atoms with Crippen LogP contribution in [0.25, 0.3) is 0 Å². The van der Waals surface area contributed by atoms with Crippen LogP contribution in [0.5, 0.6) is 0 Å². The lowest BCUT2D eigenvalue weighted by Gasteiger charge is -2.23. The molecule has 0 aliphatic rings. The van der Waals surface area contributed by atoms with E-state index in [-0.39, 0.29) is 18.3 Å². The minimum absolute atomic E-state index is 0.158. The van der Waals surface area contributed by atoms with Crippen LogP contribution in [0.2, 0.25) is 0 Å². The highest BCUT2D eigenvalue weighted by molar-refractivity contribution is 5.97. The molecule has 114 valence electrons.